The summed E-state index contributed by atoms with van der Waals surface area (Å²) in [6, 6.07) is 21.2. The summed E-state index contributed by atoms with van der Waals surface area (Å²) in [6.45, 7) is 0. The minimum atomic E-state index is -0.625. The number of carbonyl (C=O) groups is 3. The van der Waals surface area contributed by atoms with E-state index in [-0.39, 0.29) is 28.7 Å². The lowest BCUT2D eigenvalue weighted by atomic mass is 10.1. The van der Waals surface area contributed by atoms with Crippen LogP contribution in [0.4, 0.5) is 15.8 Å². The molecule has 8 nitrogen and oxygen atoms in total. The predicted octanol–water partition coefficient (Wildman–Crippen LogP) is 9.21. The Hall–Kier alpha value is -4.90. The highest BCUT2D eigenvalue weighted by atomic mass is 79.9. The average Bonchev–Trinajstić information content (AvgIpc) is 3.81. The first-order chi connectivity index (χ1) is 22.1. The number of fused-ring (bicyclic) bond motifs is 2. The van der Waals surface area contributed by atoms with Crippen molar-refractivity contribution in [3.8, 4) is 11.3 Å². The molecule has 2 aliphatic rings. The molecule has 0 unspecified atom stereocenters. The standard InChI is InChI=1S/C21H13ClFNO4.C13H7BrClNO2/c1-27-21(26)11-2-5-14(17(23)8-11)19-7-4-13(28-19)10-16-15-9-12(22)3-6-18(15)24-20(16)25;14-12-4-2-8(18-12)6-10-9-5-7(15)1-3-11(9)16-13(10)17/h2-10H,1H3,(H,24,25);1-6H,(H,16,17)/b16-10-;10-6-. The second-order valence-corrected chi connectivity index (χ2v) is 11.6. The molecule has 2 amide bonds. The van der Waals surface area contributed by atoms with E-state index in [1.165, 1.54) is 19.2 Å². The molecule has 0 radical (unpaired) electrons. The number of ether oxygens (including phenoxy) is 1. The number of hydrogen-bond donors (Lipinski definition) is 2. The van der Waals surface area contributed by atoms with Crippen molar-refractivity contribution in [3.05, 3.63) is 128 Å². The van der Waals surface area contributed by atoms with Crippen LogP contribution in [0.15, 0.2) is 92.4 Å². The summed E-state index contributed by atoms with van der Waals surface area (Å²) >= 11 is 15.2. The molecule has 2 aliphatic heterocycles. The Morgan fingerprint density at radius 1 is 0.761 bits per heavy atom. The number of halogens is 4. The van der Waals surface area contributed by atoms with Crippen LogP contribution in [0.5, 0.6) is 0 Å². The molecule has 2 aromatic heterocycles. The van der Waals surface area contributed by atoms with Gasteiger partial charge in [0.25, 0.3) is 11.8 Å². The number of rotatable bonds is 4. The van der Waals surface area contributed by atoms with E-state index in [1.807, 2.05) is 0 Å². The number of anilines is 2. The Labute approximate surface area is 279 Å². The van der Waals surface area contributed by atoms with Crippen molar-refractivity contribution in [2.45, 2.75) is 0 Å². The van der Waals surface area contributed by atoms with E-state index in [0.29, 0.717) is 48.6 Å². The number of amides is 2. The van der Waals surface area contributed by atoms with E-state index in [1.54, 1.807) is 72.8 Å². The van der Waals surface area contributed by atoms with Gasteiger partial charge < -0.3 is 24.2 Å². The van der Waals surface area contributed by atoms with Gasteiger partial charge in [0.05, 0.1) is 29.4 Å². The van der Waals surface area contributed by atoms with Gasteiger partial charge >= 0.3 is 5.97 Å². The Morgan fingerprint density at radius 2 is 1.33 bits per heavy atom. The SMILES string of the molecule is COC(=O)c1ccc(-c2ccc(/C=C3\C(=O)Nc4ccc(Cl)cc43)o2)c(F)c1.O=C1Nc2ccc(Cl)cc2/C1=C/c1ccc(Br)o1. The molecule has 2 N–H and O–H groups in total. The van der Waals surface area contributed by atoms with Crippen molar-refractivity contribution in [1.82, 2.24) is 0 Å². The summed E-state index contributed by atoms with van der Waals surface area (Å²) in [4.78, 5) is 35.6. The largest absolute Gasteiger partial charge is 0.465 e. The van der Waals surface area contributed by atoms with Crippen LogP contribution in [0.2, 0.25) is 10.0 Å². The number of nitrogens with one attached hydrogen (secondary N) is 2. The molecule has 4 heterocycles. The van der Waals surface area contributed by atoms with Gasteiger partial charge in [-0.25, -0.2) is 9.18 Å². The van der Waals surface area contributed by atoms with E-state index in [2.05, 4.69) is 31.3 Å². The second kappa shape index (κ2) is 12.8. The first kappa shape index (κ1) is 31.1. The van der Waals surface area contributed by atoms with Crippen LogP contribution in [0.1, 0.15) is 33.0 Å². The zero-order valence-corrected chi connectivity index (χ0v) is 26.7. The number of hydrogen-bond acceptors (Lipinski definition) is 6. The number of benzene rings is 3. The fraction of sp³-hybridized carbons (Fsp3) is 0.0294. The van der Waals surface area contributed by atoms with E-state index >= 15 is 0 Å². The van der Waals surface area contributed by atoms with Crippen LogP contribution in [0.3, 0.4) is 0 Å². The molecule has 0 fully saturated rings. The first-order valence-corrected chi connectivity index (χ1v) is 15.0. The molecule has 0 saturated carbocycles. The van der Waals surface area contributed by atoms with Crippen molar-refractivity contribution in [2.24, 2.45) is 0 Å². The van der Waals surface area contributed by atoms with Crippen LogP contribution in [0, 0.1) is 5.82 Å². The van der Waals surface area contributed by atoms with Crippen molar-refractivity contribution in [1.29, 1.82) is 0 Å². The maximum absolute atomic E-state index is 14.4. The fourth-order valence-corrected chi connectivity index (χ4v) is 5.50. The molecule has 230 valence electrons. The summed E-state index contributed by atoms with van der Waals surface area (Å²) in [5, 5.41) is 6.64. The van der Waals surface area contributed by atoms with Gasteiger partial charge in [-0.1, -0.05) is 23.2 Å². The Kier molecular flexibility index (Phi) is 8.68. The number of furan rings is 2. The van der Waals surface area contributed by atoms with Gasteiger partial charge in [-0.2, -0.15) is 0 Å². The average molecular weight is 722 g/mol. The molecule has 12 heteroatoms. The molecule has 0 saturated heterocycles. The van der Waals surface area contributed by atoms with E-state index in [9.17, 15) is 18.8 Å². The van der Waals surface area contributed by atoms with Crippen LogP contribution in [-0.4, -0.2) is 24.9 Å². The van der Waals surface area contributed by atoms with Crippen molar-refractivity contribution in [3.63, 3.8) is 0 Å². The molecule has 46 heavy (non-hydrogen) atoms. The zero-order chi connectivity index (χ0) is 32.5. The highest BCUT2D eigenvalue weighted by molar-refractivity contribution is 9.10. The minimum absolute atomic E-state index is 0.105. The van der Waals surface area contributed by atoms with Gasteiger partial charge in [-0.05, 0) is 107 Å². The third-order valence-corrected chi connectivity index (χ3v) is 7.88. The number of carbonyl (C=O) groups excluding carboxylic acids is 3. The van der Waals surface area contributed by atoms with Crippen molar-refractivity contribution >= 4 is 91.6 Å². The van der Waals surface area contributed by atoms with Gasteiger partial charge in [-0.15, -0.1) is 0 Å². The van der Waals surface area contributed by atoms with Crippen molar-refractivity contribution < 1.29 is 32.3 Å². The molecular weight excluding hydrogens is 702 g/mol. The minimum Gasteiger partial charge on any atom is -0.465 e. The summed E-state index contributed by atoms with van der Waals surface area (Å²) in [5.41, 5.74) is 4.14. The predicted molar refractivity (Wildman–Crippen MR) is 178 cm³/mol. The highest BCUT2D eigenvalue weighted by Gasteiger charge is 2.26. The Balaban J connectivity index is 0.000000178. The van der Waals surface area contributed by atoms with E-state index < -0.39 is 11.8 Å². The van der Waals surface area contributed by atoms with Gasteiger partial charge in [0.15, 0.2) is 4.67 Å². The number of methoxy groups -OCH3 is 1. The van der Waals surface area contributed by atoms with Gasteiger partial charge in [0.2, 0.25) is 0 Å². The zero-order valence-electron chi connectivity index (χ0n) is 23.6. The maximum atomic E-state index is 14.4. The van der Waals surface area contributed by atoms with E-state index in [4.69, 9.17) is 32.0 Å². The number of esters is 1. The summed E-state index contributed by atoms with van der Waals surface area (Å²) in [5.74, 6) is -0.412. The lowest BCUT2D eigenvalue weighted by Crippen LogP contribution is -2.03. The summed E-state index contributed by atoms with van der Waals surface area (Å²) in [7, 11) is 1.23. The second-order valence-electron chi connectivity index (χ2n) is 9.93. The molecule has 0 bridgehead atoms. The van der Waals surface area contributed by atoms with Gasteiger partial charge in [0.1, 0.15) is 23.1 Å². The smallest absolute Gasteiger partial charge is 0.337 e. The fourth-order valence-electron chi connectivity index (χ4n) is 4.83. The van der Waals surface area contributed by atoms with Gasteiger partial charge in [-0.3, -0.25) is 9.59 Å². The maximum Gasteiger partial charge on any atom is 0.337 e. The van der Waals surface area contributed by atoms with E-state index in [0.717, 1.165) is 17.3 Å². The lowest BCUT2D eigenvalue weighted by Gasteiger charge is -2.03. The Morgan fingerprint density at radius 3 is 1.85 bits per heavy atom. The van der Waals surface area contributed by atoms with Crippen molar-refractivity contribution in [2.75, 3.05) is 17.7 Å². The molecule has 0 spiro atoms. The summed E-state index contributed by atoms with van der Waals surface area (Å²) in [6.07, 6.45) is 3.27. The topological polar surface area (TPSA) is 111 Å². The third kappa shape index (κ3) is 6.41. The molecule has 7 rings (SSSR count). The molecular formula is C34H20BrCl2FN2O6. The molecule has 3 aromatic carbocycles. The molecule has 0 aliphatic carbocycles. The van der Waals surface area contributed by atoms with Crippen LogP contribution in [-0.2, 0) is 14.3 Å². The van der Waals surface area contributed by atoms with Crippen LogP contribution >= 0.6 is 39.1 Å². The van der Waals surface area contributed by atoms with Crippen LogP contribution in [0.25, 0.3) is 34.6 Å². The quantitative estimate of drug-likeness (QED) is 0.141. The first-order valence-electron chi connectivity index (χ1n) is 13.5. The van der Waals surface area contributed by atoms with Crippen LogP contribution < -0.4 is 10.6 Å². The normalized spacial score (nSPS) is 14.8. The monoisotopic (exact) mass is 720 g/mol. The summed E-state index contributed by atoms with van der Waals surface area (Å²) < 4.78 is 30.6. The Bertz CT molecular complexity index is 2120. The van der Waals surface area contributed by atoms with Gasteiger partial charge in [0, 0.05) is 32.5 Å². The molecule has 5 aromatic rings. The lowest BCUT2D eigenvalue weighted by molar-refractivity contribution is -0.111. The third-order valence-electron chi connectivity index (χ3n) is 6.98. The highest BCUT2D eigenvalue weighted by Crippen LogP contribution is 2.37. The molecule has 0 atom stereocenters.